The monoisotopic (exact) mass is 410 g/mol. The lowest BCUT2D eigenvalue weighted by Crippen LogP contribution is -2.19. The lowest BCUT2D eigenvalue weighted by Gasteiger charge is -2.14. The molecule has 2 N–H and O–H groups in total. The van der Waals surface area contributed by atoms with Crippen molar-refractivity contribution in [2.24, 2.45) is 10.2 Å². The summed E-state index contributed by atoms with van der Waals surface area (Å²) in [7, 11) is 0. The van der Waals surface area contributed by atoms with Gasteiger partial charge in [0.25, 0.3) is 11.4 Å². The Balaban J connectivity index is 1.74. The van der Waals surface area contributed by atoms with Gasteiger partial charge in [0, 0.05) is 24.3 Å². The number of non-ortho nitro benzene ring substituents is 2. The fraction of sp³-hybridized carbons (Fsp3) is 0.300. The van der Waals surface area contributed by atoms with Crippen molar-refractivity contribution in [2.75, 3.05) is 10.9 Å². The summed E-state index contributed by atoms with van der Waals surface area (Å²) < 4.78 is 0. The minimum atomic E-state index is -0.445. The van der Waals surface area contributed by atoms with Gasteiger partial charge in [-0.15, -0.1) is 0 Å². The first kappa shape index (κ1) is 20.9. The largest absolute Gasteiger partial charge is 0.278 e. The first-order valence-corrected chi connectivity index (χ1v) is 9.67. The van der Waals surface area contributed by atoms with Crippen LogP contribution in [0.2, 0.25) is 0 Å². The minimum Gasteiger partial charge on any atom is -0.278 e. The second-order valence-corrected chi connectivity index (χ2v) is 6.86. The number of hydrogen-bond donors (Lipinski definition) is 2. The molecule has 10 nitrogen and oxygen atoms in total. The van der Waals surface area contributed by atoms with Crippen molar-refractivity contribution in [3.63, 3.8) is 0 Å². The summed E-state index contributed by atoms with van der Waals surface area (Å²) in [4.78, 5) is 20.7. The molecule has 3 rings (SSSR count). The van der Waals surface area contributed by atoms with Crippen molar-refractivity contribution < 1.29 is 9.85 Å². The van der Waals surface area contributed by atoms with E-state index in [1.165, 1.54) is 24.3 Å². The van der Waals surface area contributed by atoms with E-state index in [-0.39, 0.29) is 11.4 Å². The highest BCUT2D eigenvalue weighted by atomic mass is 16.6. The minimum absolute atomic E-state index is 0.0220. The Bertz CT molecular complexity index is 875. The first-order chi connectivity index (χ1) is 14.5. The molecule has 1 aliphatic rings. The van der Waals surface area contributed by atoms with Crippen LogP contribution in [0.25, 0.3) is 0 Å². The highest BCUT2D eigenvalue weighted by Crippen LogP contribution is 2.19. The average molecular weight is 410 g/mol. The Morgan fingerprint density at radius 1 is 0.633 bits per heavy atom. The van der Waals surface area contributed by atoms with Crippen molar-refractivity contribution in [1.82, 2.24) is 0 Å². The molecule has 2 aromatic carbocycles. The number of nitrogens with zero attached hydrogens (tertiary/aromatic N) is 4. The molecule has 0 bridgehead atoms. The van der Waals surface area contributed by atoms with Crippen LogP contribution in [0.3, 0.4) is 0 Å². The molecule has 1 aliphatic carbocycles. The summed E-state index contributed by atoms with van der Waals surface area (Å²) in [5.41, 5.74) is 8.91. The van der Waals surface area contributed by atoms with Gasteiger partial charge >= 0.3 is 0 Å². The van der Waals surface area contributed by atoms with Gasteiger partial charge in [-0.2, -0.15) is 10.2 Å². The summed E-state index contributed by atoms with van der Waals surface area (Å²) in [6.07, 6.45) is 5.77. The van der Waals surface area contributed by atoms with Gasteiger partial charge in [0.1, 0.15) is 0 Å². The van der Waals surface area contributed by atoms with Gasteiger partial charge in [0.15, 0.2) is 0 Å². The van der Waals surface area contributed by atoms with Gasteiger partial charge in [-0.25, -0.2) is 0 Å². The lowest BCUT2D eigenvalue weighted by molar-refractivity contribution is -0.385. The molecular formula is C20H22N6O4. The number of rotatable bonds is 6. The number of hydrogen-bond acceptors (Lipinski definition) is 8. The van der Waals surface area contributed by atoms with E-state index < -0.39 is 9.85 Å². The smallest absolute Gasteiger partial charge is 0.269 e. The quantitative estimate of drug-likeness (QED) is 0.503. The van der Waals surface area contributed by atoms with Gasteiger partial charge in [0.05, 0.1) is 32.6 Å². The van der Waals surface area contributed by atoms with Crippen molar-refractivity contribution >= 4 is 34.2 Å². The molecule has 156 valence electrons. The van der Waals surface area contributed by atoms with Crippen LogP contribution in [0.4, 0.5) is 22.7 Å². The van der Waals surface area contributed by atoms with E-state index in [0.29, 0.717) is 11.4 Å². The predicted octanol–water partition coefficient (Wildman–Crippen LogP) is 5.09. The topological polar surface area (TPSA) is 135 Å². The molecule has 1 fully saturated rings. The molecule has 0 heterocycles. The van der Waals surface area contributed by atoms with Crippen LogP contribution in [0.1, 0.15) is 38.5 Å². The maximum atomic E-state index is 10.8. The van der Waals surface area contributed by atoms with E-state index in [1.54, 1.807) is 24.3 Å². The van der Waals surface area contributed by atoms with Crippen molar-refractivity contribution in [3.05, 3.63) is 68.8 Å². The molecule has 30 heavy (non-hydrogen) atoms. The number of hydrazone groups is 2. The molecule has 0 aliphatic heterocycles. The molecule has 0 radical (unpaired) electrons. The van der Waals surface area contributed by atoms with Crippen LogP contribution < -0.4 is 10.9 Å². The van der Waals surface area contributed by atoms with Crippen LogP contribution in [-0.2, 0) is 0 Å². The molecule has 1 saturated carbocycles. The standard InChI is InChI=1S/C20H22N6O4/c27-25(28)17-11-7-15(8-12-17)21-23-19-5-3-1-2-4-6-20(19)24-22-16-9-13-18(14-10-16)26(29)30/h7-14,21-22H,1-6H2/b23-19-,24-20+. The van der Waals surface area contributed by atoms with E-state index in [9.17, 15) is 20.2 Å². The number of nitrogens with one attached hydrogen (secondary N) is 2. The summed E-state index contributed by atoms with van der Waals surface area (Å²) in [5, 5.41) is 30.5. The maximum Gasteiger partial charge on any atom is 0.269 e. The van der Waals surface area contributed by atoms with E-state index in [0.717, 1.165) is 49.9 Å². The lowest BCUT2D eigenvalue weighted by atomic mass is 9.97. The molecule has 0 unspecified atom stereocenters. The zero-order valence-electron chi connectivity index (χ0n) is 16.3. The van der Waals surface area contributed by atoms with Crippen LogP contribution in [-0.4, -0.2) is 21.3 Å². The second kappa shape index (κ2) is 10.1. The molecule has 0 atom stereocenters. The van der Waals surface area contributed by atoms with Crippen LogP contribution in [0.5, 0.6) is 0 Å². The predicted molar refractivity (Wildman–Crippen MR) is 116 cm³/mol. The molecule has 0 saturated heterocycles. The third-order valence-electron chi connectivity index (χ3n) is 4.71. The molecule has 0 amide bonds. The zero-order chi connectivity index (χ0) is 21.3. The molecule has 0 spiro atoms. The Morgan fingerprint density at radius 2 is 1.00 bits per heavy atom. The molecular weight excluding hydrogens is 388 g/mol. The highest BCUT2D eigenvalue weighted by Gasteiger charge is 2.14. The third-order valence-corrected chi connectivity index (χ3v) is 4.71. The van der Waals surface area contributed by atoms with E-state index in [1.807, 2.05) is 0 Å². The number of benzene rings is 2. The van der Waals surface area contributed by atoms with Crippen LogP contribution >= 0.6 is 0 Å². The van der Waals surface area contributed by atoms with E-state index >= 15 is 0 Å². The SMILES string of the molecule is O=[N+]([O-])c1ccc(N/N=C2/CCCCCC/C2=N\Nc2ccc([N+](=O)[O-])cc2)cc1. The van der Waals surface area contributed by atoms with Gasteiger partial charge in [-0.1, -0.05) is 12.8 Å². The fourth-order valence-corrected chi connectivity index (χ4v) is 3.05. The Hall–Kier alpha value is -3.82. The summed E-state index contributed by atoms with van der Waals surface area (Å²) in [6, 6.07) is 12.1. The summed E-state index contributed by atoms with van der Waals surface area (Å²) in [5.74, 6) is 0. The average Bonchev–Trinajstić information content (AvgIpc) is 2.73. The number of nitro benzene ring substituents is 2. The third kappa shape index (κ3) is 5.84. The van der Waals surface area contributed by atoms with Crippen molar-refractivity contribution in [1.29, 1.82) is 0 Å². The van der Waals surface area contributed by atoms with Crippen LogP contribution in [0, 0.1) is 20.2 Å². The van der Waals surface area contributed by atoms with Gasteiger partial charge in [-0.05, 0) is 49.9 Å². The molecule has 10 heteroatoms. The van der Waals surface area contributed by atoms with Crippen molar-refractivity contribution in [3.8, 4) is 0 Å². The van der Waals surface area contributed by atoms with Gasteiger partial charge in [-0.3, -0.25) is 31.1 Å². The normalized spacial score (nSPS) is 17.2. The second-order valence-electron chi connectivity index (χ2n) is 6.86. The summed E-state index contributed by atoms with van der Waals surface area (Å²) in [6.45, 7) is 0. The Labute approximate surface area is 173 Å². The molecule has 2 aromatic rings. The zero-order valence-corrected chi connectivity index (χ0v) is 16.3. The number of nitro groups is 2. The maximum absolute atomic E-state index is 10.8. The van der Waals surface area contributed by atoms with Crippen LogP contribution in [0.15, 0.2) is 58.7 Å². The van der Waals surface area contributed by atoms with Crippen molar-refractivity contribution in [2.45, 2.75) is 38.5 Å². The van der Waals surface area contributed by atoms with Gasteiger partial charge < -0.3 is 0 Å². The summed E-state index contributed by atoms with van der Waals surface area (Å²) >= 11 is 0. The Kier molecular flexibility index (Phi) is 7.04. The van der Waals surface area contributed by atoms with E-state index in [2.05, 4.69) is 21.1 Å². The number of anilines is 2. The van der Waals surface area contributed by atoms with E-state index in [4.69, 9.17) is 0 Å². The molecule has 0 aromatic heterocycles. The Morgan fingerprint density at radius 3 is 1.33 bits per heavy atom. The first-order valence-electron chi connectivity index (χ1n) is 9.67. The highest BCUT2D eigenvalue weighted by molar-refractivity contribution is 6.42. The fourth-order valence-electron chi connectivity index (χ4n) is 3.05. The van der Waals surface area contributed by atoms with Gasteiger partial charge in [0.2, 0.25) is 0 Å².